The Labute approximate surface area is 166 Å². The summed E-state index contributed by atoms with van der Waals surface area (Å²) in [7, 11) is 4.08. The van der Waals surface area contributed by atoms with E-state index in [9.17, 15) is 4.79 Å². The summed E-state index contributed by atoms with van der Waals surface area (Å²) >= 11 is 0. The number of amides is 2. The van der Waals surface area contributed by atoms with Crippen molar-refractivity contribution in [3.05, 3.63) is 36.0 Å². The van der Waals surface area contributed by atoms with E-state index in [1.807, 2.05) is 53.1 Å². The largest absolute Gasteiger partial charge is 0.491 e. The van der Waals surface area contributed by atoms with E-state index in [2.05, 4.69) is 30.8 Å². The zero-order valence-corrected chi connectivity index (χ0v) is 17.2. The number of nitrogens with one attached hydrogen (secondary N) is 3. The van der Waals surface area contributed by atoms with E-state index in [0.717, 1.165) is 31.0 Å². The van der Waals surface area contributed by atoms with Crippen LogP contribution in [0.3, 0.4) is 0 Å². The third-order valence-electron chi connectivity index (χ3n) is 3.65. The van der Waals surface area contributed by atoms with Crippen LogP contribution in [0.2, 0.25) is 0 Å². The third-order valence-corrected chi connectivity index (χ3v) is 3.65. The molecule has 0 aliphatic rings. The average molecular weight is 387 g/mol. The second-order valence-corrected chi connectivity index (χ2v) is 7.07. The van der Waals surface area contributed by atoms with Gasteiger partial charge < -0.3 is 20.3 Å². The van der Waals surface area contributed by atoms with Gasteiger partial charge in [0.1, 0.15) is 11.6 Å². The van der Waals surface area contributed by atoms with Crippen LogP contribution in [-0.2, 0) is 0 Å². The van der Waals surface area contributed by atoms with E-state index < -0.39 is 6.03 Å². The van der Waals surface area contributed by atoms with Crippen LogP contribution in [-0.4, -0.2) is 54.2 Å². The van der Waals surface area contributed by atoms with Gasteiger partial charge in [-0.2, -0.15) is 4.98 Å². The van der Waals surface area contributed by atoms with Gasteiger partial charge in [0.2, 0.25) is 5.95 Å². The molecule has 0 saturated carbocycles. The molecule has 0 spiro atoms. The highest BCUT2D eigenvalue weighted by Gasteiger charge is 2.08. The standard InChI is InChI=1S/C20H30N6O2/c1-14(2)28-17-9-7-16(8-10-17)23-20(27)25-19-22-15(3)13-18(24-19)21-11-6-12-26(4)5/h7-10,13-14H,6,11-12H2,1-5H3,(H3,21,22,23,24,25,27). The van der Waals surface area contributed by atoms with Gasteiger partial charge in [0.05, 0.1) is 6.10 Å². The molecule has 152 valence electrons. The topological polar surface area (TPSA) is 91.4 Å². The summed E-state index contributed by atoms with van der Waals surface area (Å²) in [5, 5.41) is 8.70. The molecule has 0 bridgehead atoms. The van der Waals surface area contributed by atoms with Crippen LogP contribution in [0.15, 0.2) is 30.3 Å². The highest BCUT2D eigenvalue weighted by molar-refractivity contribution is 5.98. The lowest BCUT2D eigenvalue weighted by Crippen LogP contribution is -2.21. The van der Waals surface area contributed by atoms with Crippen molar-refractivity contribution in [3.8, 4) is 5.75 Å². The molecule has 0 aliphatic heterocycles. The number of hydrogen-bond donors (Lipinski definition) is 3. The number of anilines is 3. The van der Waals surface area contributed by atoms with Crippen molar-refractivity contribution >= 4 is 23.5 Å². The average Bonchev–Trinajstić information content (AvgIpc) is 2.59. The number of carbonyl (C=O) groups excluding carboxylic acids is 1. The van der Waals surface area contributed by atoms with Gasteiger partial charge in [0.15, 0.2) is 0 Å². The van der Waals surface area contributed by atoms with E-state index >= 15 is 0 Å². The summed E-state index contributed by atoms with van der Waals surface area (Å²) in [5.41, 5.74) is 1.43. The van der Waals surface area contributed by atoms with E-state index in [1.54, 1.807) is 12.1 Å². The smallest absolute Gasteiger partial charge is 0.326 e. The van der Waals surface area contributed by atoms with Gasteiger partial charge in [0.25, 0.3) is 0 Å². The van der Waals surface area contributed by atoms with Gasteiger partial charge >= 0.3 is 6.03 Å². The maximum atomic E-state index is 12.2. The Balaban J connectivity index is 1.90. The fourth-order valence-electron chi connectivity index (χ4n) is 2.48. The van der Waals surface area contributed by atoms with Gasteiger partial charge in [0, 0.05) is 24.0 Å². The number of hydrogen-bond acceptors (Lipinski definition) is 6. The molecule has 8 heteroatoms. The predicted octanol–water partition coefficient (Wildman–Crippen LogP) is 3.58. The molecule has 1 aromatic carbocycles. The number of aryl methyl sites for hydroxylation is 1. The van der Waals surface area contributed by atoms with Crippen molar-refractivity contribution in [2.24, 2.45) is 0 Å². The molecule has 0 saturated heterocycles. The predicted molar refractivity (Wildman–Crippen MR) is 113 cm³/mol. The van der Waals surface area contributed by atoms with Gasteiger partial charge in [-0.15, -0.1) is 0 Å². The number of ether oxygens (including phenoxy) is 1. The Morgan fingerprint density at radius 1 is 1.14 bits per heavy atom. The fourth-order valence-corrected chi connectivity index (χ4v) is 2.48. The lowest BCUT2D eigenvalue weighted by atomic mass is 10.3. The summed E-state index contributed by atoms with van der Waals surface area (Å²) < 4.78 is 5.59. The highest BCUT2D eigenvalue weighted by Crippen LogP contribution is 2.17. The fraction of sp³-hybridized carbons (Fsp3) is 0.450. The van der Waals surface area contributed by atoms with Crippen LogP contribution >= 0.6 is 0 Å². The van der Waals surface area contributed by atoms with Crippen molar-refractivity contribution in [2.45, 2.75) is 33.3 Å². The Kier molecular flexibility index (Phi) is 8.01. The summed E-state index contributed by atoms with van der Waals surface area (Å²) in [5.74, 6) is 1.71. The van der Waals surface area contributed by atoms with Crippen molar-refractivity contribution < 1.29 is 9.53 Å². The van der Waals surface area contributed by atoms with Crippen molar-refractivity contribution in [3.63, 3.8) is 0 Å². The van der Waals surface area contributed by atoms with Crippen LogP contribution < -0.4 is 20.7 Å². The lowest BCUT2D eigenvalue weighted by molar-refractivity contribution is 0.242. The molecule has 0 unspecified atom stereocenters. The minimum Gasteiger partial charge on any atom is -0.491 e. The van der Waals surface area contributed by atoms with Crippen molar-refractivity contribution in [1.29, 1.82) is 0 Å². The summed E-state index contributed by atoms with van der Waals surface area (Å²) in [6, 6.07) is 8.65. The second kappa shape index (κ2) is 10.5. The molecule has 0 fully saturated rings. The zero-order chi connectivity index (χ0) is 20.5. The molecule has 28 heavy (non-hydrogen) atoms. The monoisotopic (exact) mass is 386 g/mol. The summed E-state index contributed by atoms with van der Waals surface area (Å²) in [6.07, 6.45) is 1.10. The van der Waals surface area contributed by atoms with Crippen LogP contribution in [0.4, 0.5) is 22.2 Å². The third kappa shape index (κ3) is 7.79. The molecule has 0 radical (unpaired) electrons. The Morgan fingerprint density at radius 3 is 2.50 bits per heavy atom. The van der Waals surface area contributed by atoms with Crippen LogP contribution in [0.25, 0.3) is 0 Å². The molecule has 3 N–H and O–H groups in total. The second-order valence-electron chi connectivity index (χ2n) is 7.07. The highest BCUT2D eigenvalue weighted by atomic mass is 16.5. The summed E-state index contributed by atoms with van der Waals surface area (Å²) in [4.78, 5) is 23.0. The van der Waals surface area contributed by atoms with Crippen molar-refractivity contribution in [2.75, 3.05) is 43.1 Å². The number of carbonyl (C=O) groups is 1. The molecular formula is C20H30N6O2. The molecule has 1 heterocycles. The molecule has 0 atom stereocenters. The first kappa shape index (κ1) is 21.4. The van der Waals surface area contributed by atoms with Crippen LogP contribution in [0.5, 0.6) is 5.75 Å². The molecule has 0 aliphatic carbocycles. The van der Waals surface area contributed by atoms with E-state index in [4.69, 9.17) is 4.74 Å². The SMILES string of the molecule is Cc1cc(NCCCN(C)C)nc(NC(=O)Nc2ccc(OC(C)C)cc2)n1. The van der Waals surface area contributed by atoms with Gasteiger partial charge in [-0.1, -0.05) is 0 Å². The lowest BCUT2D eigenvalue weighted by Gasteiger charge is -2.12. The maximum absolute atomic E-state index is 12.2. The molecular weight excluding hydrogens is 356 g/mol. The molecule has 2 rings (SSSR count). The first-order valence-electron chi connectivity index (χ1n) is 9.41. The Hall–Kier alpha value is -2.87. The first-order chi connectivity index (χ1) is 13.3. The molecule has 8 nitrogen and oxygen atoms in total. The molecule has 1 aromatic heterocycles. The summed E-state index contributed by atoms with van der Waals surface area (Å²) in [6.45, 7) is 7.58. The number of aromatic nitrogens is 2. The normalized spacial score (nSPS) is 10.8. The number of nitrogens with zero attached hydrogens (tertiary/aromatic N) is 3. The van der Waals surface area contributed by atoms with Crippen LogP contribution in [0, 0.1) is 6.92 Å². The van der Waals surface area contributed by atoms with E-state index in [-0.39, 0.29) is 12.1 Å². The minimum absolute atomic E-state index is 0.103. The van der Waals surface area contributed by atoms with E-state index in [1.165, 1.54) is 0 Å². The number of benzene rings is 1. The van der Waals surface area contributed by atoms with Gasteiger partial charge in [-0.3, -0.25) is 5.32 Å². The van der Waals surface area contributed by atoms with Gasteiger partial charge in [-0.05, 0) is 72.1 Å². The zero-order valence-electron chi connectivity index (χ0n) is 17.2. The Bertz CT molecular complexity index is 762. The van der Waals surface area contributed by atoms with Crippen molar-refractivity contribution in [1.82, 2.24) is 14.9 Å². The number of rotatable bonds is 9. The van der Waals surface area contributed by atoms with E-state index in [0.29, 0.717) is 11.5 Å². The molecule has 2 aromatic rings. The quantitative estimate of drug-likeness (QED) is 0.571. The minimum atomic E-state index is -0.401. The maximum Gasteiger partial charge on any atom is 0.326 e. The number of urea groups is 1. The Morgan fingerprint density at radius 2 is 1.86 bits per heavy atom. The van der Waals surface area contributed by atoms with Crippen LogP contribution in [0.1, 0.15) is 26.0 Å². The van der Waals surface area contributed by atoms with Gasteiger partial charge in [-0.25, -0.2) is 9.78 Å². The molecule has 2 amide bonds. The first-order valence-corrected chi connectivity index (χ1v) is 9.41.